The highest BCUT2D eigenvalue weighted by Gasteiger charge is 2.41. The Labute approximate surface area is 78.3 Å². The van der Waals surface area contributed by atoms with E-state index in [-0.39, 0.29) is 6.04 Å². The predicted octanol–water partition coefficient (Wildman–Crippen LogP) is 1.45. The second-order valence-corrected chi connectivity index (χ2v) is 3.16. The molecule has 1 heterocycles. The van der Waals surface area contributed by atoms with E-state index in [4.69, 9.17) is 5.11 Å². The molecule has 0 radical (unpaired) electrons. The summed E-state index contributed by atoms with van der Waals surface area (Å²) >= 11 is 0. The highest BCUT2D eigenvalue weighted by atomic mass is 19.4. The van der Waals surface area contributed by atoms with Crippen molar-refractivity contribution in [2.24, 2.45) is 0 Å². The van der Waals surface area contributed by atoms with E-state index in [0.717, 1.165) is 6.20 Å². The molecule has 14 heavy (non-hydrogen) atoms. The van der Waals surface area contributed by atoms with Gasteiger partial charge >= 0.3 is 6.18 Å². The van der Waals surface area contributed by atoms with Gasteiger partial charge in [-0.15, -0.1) is 5.10 Å². The molecule has 0 aromatic carbocycles. The minimum absolute atomic E-state index is 0.0864. The summed E-state index contributed by atoms with van der Waals surface area (Å²) in [6.07, 6.45) is -6.17. The van der Waals surface area contributed by atoms with Crippen LogP contribution in [0.15, 0.2) is 6.20 Å². The van der Waals surface area contributed by atoms with Gasteiger partial charge in [0, 0.05) is 6.04 Å². The van der Waals surface area contributed by atoms with E-state index < -0.39 is 18.0 Å². The third-order valence-corrected chi connectivity index (χ3v) is 1.65. The molecule has 0 spiro atoms. The van der Waals surface area contributed by atoms with Gasteiger partial charge in [-0.05, 0) is 13.8 Å². The average Bonchev–Trinajstić information content (AvgIpc) is 2.48. The van der Waals surface area contributed by atoms with Crippen molar-refractivity contribution in [1.82, 2.24) is 15.0 Å². The fourth-order valence-corrected chi connectivity index (χ4v) is 0.836. The second kappa shape index (κ2) is 3.56. The minimum Gasteiger partial charge on any atom is -0.378 e. The molecule has 1 aromatic heterocycles. The Morgan fingerprint density at radius 2 is 2.00 bits per heavy atom. The molecule has 1 aromatic rings. The topological polar surface area (TPSA) is 50.9 Å². The quantitative estimate of drug-likeness (QED) is 0.802. The zero-order valence-electron chi connectivity index (χ0n) is 7.65. The number of aliphatic hydroxyl groups excluding tert-OH is 1. The number of hydrogen-bond acceptors (Lipinski definition) is 3. The van der Waals surface area contributed by atoms with Crippen LogP contribution in [-0.2, 0) is 0 Å². The lowest BCUT2D eigenvalue weighted by Crippen LogP contribution is -2.20. The van der Waals surface area contributed by atoms with Crippen LogP contribution in [-0.4, -0.2) is 26.3 Å². The molecule has 80 valence electrons. The number of nitrogens with zero attached hydrogens (tertiary/aromatic N) is 3. The summed E-state index contributed by atoms with van der Waals surface area (Å²) < 4.78 is 37.3. The van der Waals surface area contributed by atoms with E-state index >= 15 is 0 Å². The van der Waals surface area contributed by atoms with Crippen LogP contribution in [0.2, 0.25) is 0 Å². The summed E-state index contributed by atoms with van der Waals surface area (Å²) in [5, 5.41) is 15.5. The molecule has 0 saturated carbocycles. The molecular weight excluding hydrogens is 199 g/mol. The van der Waals surface area contributed by atoms with Gasteiger partial charge in [0.25, 0.3) is 0 Å². The average molecular weight is 209 g/mol. The van der Waals surface area contributed by atoms with Crippen LogP contribution in [0.5, 0.6) is 0 Å². The van der Waals surface area contributed by atoms with E-state index in [1.165, 1.54) is 4.68 Å². The molecule has 0 amide bonds. The molecule has 0 bridgehead atoms. The van der Waals surface area contributed by atoms with Crippen LogP contribution < -0.4 is 0 Å². The third kappa shape index (κ3) is 2.22. The number of hydrogen-bond donors (Lipinski definition) is 1. The van der Waals surface area contributed by atoms with Crippen LogP contribution in [0.25, 0.3) is 0 Å². The molecule has 0 fully saturated rings. The monoisotopic (exact) mass is 209 g/mol. The first-order valence-corrected chi connectivity index (χ1v) is 3.99. The first-order valence-electron chi connectivity index (χ1n) is 3.99. The standard InChI is InChI=1S/C7H10F3N3O/c1-4(2)13-3-5(11-12-13)6(14)7(8,9)10/h3-4,6,14H,1-2H3. The van der Waals surface area contributed by atoms with Gasteiger partial charge in [-0.25, -0.2) is 4.68 Å². The van der Waals surface area contributed by atoms with Crippen molar-refractivity contribution in [3.63, 3.8) is 0 Å². The molecule has 0 aliphatic heterocycles. The van der Waals surface area contributed by atoms with Gasteiger partial charge in [0.2, 0.25) is 0 Å². The number of alkyl halides is 3. The third-order valence-electron chi connectivity index (χ3n) is 1.65. The van der Waals surface area contributed by atoms with Crippen LogP contribution in [0, 0.1) is 0 Å². The Morgan fingerprint density at radius 3 is 2.36 bits per heavy atom. The normalized spacial score (nSPS) is 14.8. The SMILES string of the molecule is CC(C)n1cc(C(O)C(F)(F)F)nn1. The Morgan fingerprint density at radius 1 is 1.43 bits per heavy atom. The van der Waals surface area contributed by atoms with Crippen molar-refractivity contribution in [2.45, 2.75) is 32.2 Å². The molecule has 4 nitrogen and oxygen atoms in total. The summed E-state index contributed by atoms with van der Waals surface area (Å²) in [6, 6.07) is -0.0864. The fraction of sp³-hybridized carbons (Fsp3) is 0.714. The van der Waals surface area contributed by atoms with Crippen LogP contribution >= 0.6 is 0 Å². The zero-order chi connectivity index (χ0) is 10.9. The fourth-order valence-electron chi connectivity index (χ4n) is 0.836. The number of halogens is 3. The summed E-state index contributed by atoms with van der Waals surface area (Å²) in [4.78, 5) is 0. The van der Waals surface area contributed by atoms with Crippen molar-refractivity contribution < 1.29 is 18.3 Å². The van der Waals surface area contributed by atoms with Crippen molar-refractivity contribution in [3.8, 4) is 0 Å². The molecule has 0 aliphatic carbocycles. The van der Waals surface area contributed by atoms with Gasteiger partial charge in [-0.3, -0.25) is 0 Å². The largest absolute Gasteiger partial charge is 0.420 e. The van der Waals surface area contributed by atoms with Crippen LogP contribution in [0.4, 0.5) is 13.2 Å². The van der Waals surface area contributed by atoms with Crippen molar-refractivity contribution in [1.29, 1.82) is 0 Å². The van der Waals surface area contributed by atoms with Crippen LogP contribution in [0.3, 0.4) is 0 Å². The maximum absolute atomic E-state index is 12.0. The summed E-state index contributed by atoms with van der Waals surface area (Å²) in [6.45, 7) is 3.50. The lowest BCUT2D eigenvalue weighted by atomic mass is 10.2. The van der Waals surface area contributed by atoms with Crippen molar-refractivity contribution in [3.05, 3.63) is 11.9 Å². The summed E-state index contributed by atoms with van der Waals surface area (Å²) in [5.41, 5.74) is -0.480. The van der Waals surface area contributed by atoms with E-state index in [2.05, 4.69) is 10.3 Å². The first-order chi connectivity index (χ1) is 6.32. The highest BCUT2D eigenvalue weighted by Crippen LogP contribution is 2.31. The molecular formula is C7H10F3N3O. The maximum Gasteiger partial charge on any atom is 0.420 e. The van der Waals surface area contributed by atoms with E-state index in [1.54, 1.807) is 13.8 Å². The van der Waals surface area contributed by atoms with Gasteiger partial charge in [0.1, 0.15) is 5.69 Å². The molecule has 0 saturated heterocycles. The highest BCUT2D eigenvalue weighted by molar-refractivity contribution is 5.00. The Hall–Kier alpha value is -1.11. The minimum atomic E-state index is -4.70. The number of aromatic nitrogens is 3. The lowest BCUT2D eigenvalue weighted by Gasteiger charge is -2.10. The molecule has 7 heteroatoms. The number of aliphatic hydroxyl groups is 1. The molecule has 1 atom stereocenters. The van der Waals surface area contributed by atoms with Gasteiger partial charge in [-0.1, -0.05) is 5.21 Å². The lowest BCUT2D eigenvalue weighted by molar-refractivity contribution is -0.208. The first kappa shape index (κ1) is 11.0. The molecule has 0 aliphatic rings. The van der Waals surface area contributed by atoms with Gasteiger partial charge in [0.15, 0.2) is 6.10 Å². The Kier molecular flexibility index (Phi) is 2.79. The summed E-state index contributed by atoms with van der Waals surface area (Å²) in [5.74, 6) is 0. The Bertz CT molecular complexity index is 307. The Balaban J connectivity index is 2.87. The van der Waals surface area contributed by atoms with E-state index in [1.807, 2.05) is 0 Å². The zero-order valence-corrected chi connectivity index (χ0v) is 7.65. The smallest absolute Gasteiger partial charge is 0.378 e. The molecule has 1 rings (SSSR count). The van der Waals surface area contributed by atoms with E-state index in [0.29, 0.717) is 0 Å². The molecule has 1 N–H and O–H groups in total. The molecule has 1 unspecified atom stereocenters. The number of rotatable bonds is 2. The summed E-state index contributed by atoms with van der Waals surface area (Å²) in [7, 11) is 0. The van der Waals surface area contributed by atoms with Gasteiger partial charge < -0.3 is 5.11 Å². The van der Waals surface area contributed by atoms with Gasteiger partial charge in [-0.2, -0.15) is 13.2 Å². The van der Waals surface area contributed by atoms with Gasteiger partial charge in [0.05, 0.1) is 6.20 Å². The van der Waals surface area contributed by atoms with Crippen molar-refractivity contribution >= 4 is 0 Å². The van der Waals surface area contributed by atoms with E-state index in [9.17, 15) is 13.2 Å². The maximum atomic E-state index is 12.0. The predicted molar refractivity (Wildman–Crippen MR) is 41.4 cm³/mol. The van der Waals surface area contributed by atoms with Crippen molar-refractivity contribution in [2.75, 3.05) is 0 Å². The second-order valence-electron chi connectivity index (χ2n) is 3.16. The van der Waals surface area contributed by atoms with Crippen LogP contribution in [0.1, 0.15) is 31.7 Å².